The van der Waals surface area contributed by atoms with Crippen LogP contribution in [0.3, 0.4) is 0 Å². The standard InChI is InChI=1S/C16H10.C5H5NO2/c1-3-11-7-9-13-5-2-6-14-10-8-12(4-1)15(11)16(13)14;7-5(8)4-2-1-3-6-4/h1-10H;1-3,6H,(H,7,8). The first-order chi connectivity index (χ1) is 11.7. The minimum absolute atomic E-state index is 0.227. The van der Waals surface area contributed by atoms with Crippen LogP contribution in [0.1, 0.15) is 10.5 Å². The van der Waals surface area contributed by atoms with E-state index >= 15 is 0 Å². The average Bonchev–Trinajstić information content (AvgIpc) is 3.16. The Morgan fingerprint density at radius 2 is 1.12 bits per heavy atom. The quantitative estimate of drug-likeness (QED) is 0.413. The summed E-state index contributed by atoms with van der Waals surface area (Å²) in [7, 11) is 0. The zero-order chi connectivity index (χ0) is 16.5. The summed E-state index contributed by atoms with van der Waals surface area (Å²) in [6.45, 7) is 0. The van der Waals surface area contributed by atoms with Crippen molar-refractivity contribution in [1.29, 1.82) is 0 Å². The average molecular weight is 313 g/mol. The molecule has 0 saturated carbocycles. The molecule has 2 N–H and O–H groups in total. The first-order valence-electron chi connectivity index (χ1n) is 7.73. The van der Waals surface area contributed by atoms with Crippen LogP contribution in [0, 0.1) is 0 Å². The van der Waals surface area contributed by atoms with Crippen LogP contribution in [0.5, 0.6) is 0 Å². The number of H-pyrrole nitrogens is 1. The van der Waals surface area contributed by atoms with E-state index in [1.165, 1.54) is 38.4 Å². The van der Waals surface area contributed by atoms with Crippen LogP contribution in [-0.4, -0.2) is 16.1 Å². The number of aromatic amines is 1. The molecule has 0 amide bonds. The Labute approximate surface area is 138 Å². The highest BCUT2D eigenvalue weighted by Crippen LogP contribution is 2.33. The molecule has 4 aromatic carbocycles. The van der Waals surface area contributed by atoms with E-state index in [4.69, 9.17) is 5.11 Å². The molecule has 1 heterocycles. The molecule has 0 bridgehead atoms. The smallest absolute Gasteiger partial charge is 0.352 e. The van der Waals surface area contributed by atoms with Gasteiger partial charge in [0.2, 0.25) is 0 Å². The number of hydrogen-bond donors (Lipinski definition) is 2. The lowest BCUT2D eigenvalue weighted by Gasteiger charge is -2.09. The van der Waals surface area contributed by atoms with Gasteiger partial charge in [0.25, 0.3) is 0 Å². The van der Waals surface area contributed by atoms with Gasteiger partial charge in [0, 0.05) is 6.20 Å². The maximum absolute atomic E-state index is 10.0. The van der Waals surface area contributed by atoms with Crippen molar-refractivity contribution in [2.45, 2.75) is 0 Å². The predicted molar refractivity (Wildman–Crippen MR) is 97.9 cm³/mol. The van der Waals surface area contributed by atoms with Crippen molar-refractivity contribution < 1.29 is 9.90 Å². The molecule has 1 aromatic heterocycles. The number of nitrogens with one attached hydrogen (secondary N) is 1. The summed E-state index contributed by atoms with van der Waals surface area (Å²) >= 11 is 0. The number of benzene rings is 4. The maximum atomic E-state index is 10.0. The van der Waals surface area contributed by atoms with E-state index < -0.39 is 5.97 Å². The third-order valence-corrected chi connectivity index (χ3v) is 4.22. The van der Waals surface area contributed by atoms with E-state index in [0.29, 0.717) is 0 Å². The molecule has 0 spiro atoms. The van der Waals surface area contributed by atoms with Gasteiger partial charge in [0.15, 0.2) is 0 Å². The number of aromatic nitrogens is 1. The lowest BCUT2D eigenvalue weighted by atomic mass is 9.95. The van der Waals surface area contributed by atoms with Gasteiger partial charge in [-0.3, -0.25) is 0 Å². The summed E-state index contributed by atoms with van der Waals surface area (Å²) in [6.07, 6.45) is 1.57. The van der Waals surface area contributed by atoms with Gasteiger partial charge in [0.05, 0.1) is 0 Å². The summed E-state index contributed by atoms with van der Waals surface area (Å²) in [5.41, 5.74) is 0.227. The Kier molecular flexibility index (Phi) is 3.39. The molecule has 0 fully saturated rings. The summed E-state index contributed by atoms with van der Waals surface area (Å²) in [5.74, 6) is -0.921. The summed E-state index contributed by atoms with van der Waals surface area (Å²) in [6, 6.07) is 25.0. The molecule has 5 rings (SSSR count). The molecule has 0 radical (unpaired) electrons. The van der Waals surface area contributed by atoms with E-state index in [0.717, 1.165) is 0 Å². The Hall–Kier alpha value is -3.33. The van der Waals surface area contributed by atoms with Gasteiger partial charge in [-0.05, 0) is 44.5 Å². The number of carbonyl (C=O) groups is 1. The zero-order valence-electron chi connectivity index (χ0n) is 12.9. The Bertz CT molecular complexity index is 997. The fourth-order valence-electron chi connectivity index (χ4n) is 3.13. The van der Waals surface area contributed by atoms with Gasteiger partial charge in [-0.1, -0.05) is 60.7 Å². The van der Waals surface area contributed by atoms with Gasteiger partial charge in [-0.2, -0.15) is 0 Å². The second-order valence-corrected chi connectivity index (χ2v) is 5.68. The van der Waals surface area contributed by atoms with Crippen LogP contribution in [0.2, 0.25) is 0 Å². The number of carboxylic acids is 1. The molecule has 3 heteroatoms. The number of aromatic carboxylic acids is 1. The SMILES string of the molecule is O=C(O)c1ccc[nH]1.c1cc2ccc3cccc4ccc(c1)c2c34. The molecule has 0 unspecified atom stereocenters. The van der Waals surface area contributed by atoms with Crippen molar-refractivity contribution in [2.75, 3.05) is 0 Å². The van der Waals surface area contributed by atoms with Crippen molar-refractivity contribution >= 4 is 38.3 Å². The lowest BCUT2D eigenvalue weighted by molar-refractivity contribution is 0.0691. The van der Waals surface area contributed by atoms with Crippen LogP contribution in [0.25, 0.3) is 32.3 Å². The Morgan fingerprint density at radius 1 is 0.667 bits per heavy atom. The van der Waals surface area contributed by atoms with Gasteiger partial charge < -0.3 is 10.1 Å². The third kappa shape index (κ3) is 2.36. The van der Waals surface area contributed by atoms with Crippen LogP contribution in [-0.2, 0) is 0 Å². The number of hydrogen-bond acceptors (Lipinski definition) is 1. The van der Waals surface area contributed by atoms with Crippen molar-refractivity contribution in [3.63, 3.8) is 0 Å². The van der Waals surface area contributed by atoms with Gasteiger partial charge in [0.1, 0.15) is 5.69 Å². The van der Waals surface area contributed by atoms with E-state index in [2.05, 4.69) is 65.6 Å². The van der Waals surface area contributed by atoms with E-state index in [1.54, 1.807) is 12.3 Å². The van der Waals surface area contributed by atoms with Gasteiger partial charge in [-0.25, -0.2) is 4.79 Å². The van der Waals surface area contributed by atoms with E-state index in [-0.39, 0.29) is 5.69 Å². The summed E-state index contributed by atoms with van der Waals surface area (Å²) < 4.78 is 0. The highest BCUT2D eigenvalue weighted by Gasteiger charge is 2.06. The number of carboxylic acid groups (broad SMARTS) is 1. The minimum Gasteiger partial charge on any atom is -0.477 e. The molecule has 116 valence electrons. The summed E-state index contributed by atoms with van der Waals surface area (Å²) in [4.78, 5) is 12.6. The molecular weight excluding hydrogens is 298 g/mol. The molecule has 0 atom stereocenters. The normalized spacial score (nSPS) is 10.8. The van der Waals surface area contributed by atoms with Crippen LogP contribution < -0.4 is 0 Å². The second kappa shape index (κ2) is 5.70. The molecule has 0 aliphatic heterocycles. The molecule has 0 saturated heterocycles. The first-order valence-corrected chi connectivity index (χ1v) is 7.73. The number of rotatable bonds is 1. The van der Waals surface area contributed by atoms with Crippen LogP contribution in [0.15, 0.2) is 79.0 Å². The van der Waals surface area contributed by atoms with Crippen LogP contribution in [0.4, 0.5) is 0 Å². The highest BCUT2D eigenvalue weighted by molar-refractivity contribution is 6.22. The molecule has 24 heavy (non-hydrogen) atoms. The largest absolute Gasteiger partial charge is 0.477 e. The fourth-order valence-corrected chi connectivity index (χ4v) is 3.13. The third-order valence-electron chi connectivity index (χ3n) is 4.22. The monoisotopic (exact) mass is 313 g/mol. The second-order valence-electron chi connectivity index (χ2n) is 5.68. The van der Waals surface area contributed by atoms with Crippen molar-refractivity contribution in [1.82, 2.24) is 4.98 Å². The Morgan fingerprint density at radius 3 is 1.42 bits per heavy atom. The van der Waals surface area contributed by atoms with E-state index in [9.17, 15) is 4.79 Å². The zero-order valence-corrected chi connectivity index (χ0v) is 12.9. The van der Waals surface area contributed by atoms with Crippen molar-refractivity contribution in [3.8, 4) is 0 Å². The topological polar surface area (TPSA) is 53.1 Å². The lowest BCUT2D eigenvalue weighted by Crippen LogP contribution is -1.94. The highest BCUT2D eigenvalue weighted by atomic mass is 16.4. The van der Waals surface area contributed by atoms with Crippen molar-refractivity contribution in [3.05, 3.63) is 84.7 Å². The van der Waals surface area contributed by atoms with Gasteiger partial charge in [-0.15, -0.1) is 0 Å². The molecular formula is C21H15NO2. The molecule has 0 aliphatic rings. The predicted octanol–water partition coefficient (Wildman–Crippen LogP) is 5.30. The van der Waals surface area contributed by atoms with Crippen LogP contribution >= 0.6 is 0 Å². The molecule has 0 aliphatic carbocycles. The first kappa shape index (κ1) is 14.3. The minimum atomic E-state index is -0.921. The van der Waals surface area contributed by atoms with Crippen molar-refractivity contribution in [2.24, 2.45) is 0 Å². The maximum Gasteiger partial charge on any atom is 0.352 e. The fraction of sp³-hybridized carbons (Fsp3) is 0. The molecule has 5 aromatic rings. The molecule has 3 nitrogen and oxygen atoms in total. The van der Waals surface area contributed by atoms with Gasteiger partial charge >= 0.3 is 5.97 Å². The summed E-state index contributed by atoms with van der Waals surface area (Å²) in [5, 5.41) is 16.4. The van der Waals surface area contributed by atoms with E-state index in [1.807, 2.05) is 0 Å². The Balaban J connectivity index is 0.000000155.